The van der Waals surface area contributed by atoms with Crippen molar-refractivity contribution in [2.24, 2.45) is 0 Å². The van der Waals surface area contributed by atoms with Gasteiger partial charge in [-0.3, -0.25) is 4.79 Å². The van der Waals surface area contributed by atoms with E-state index in [1.165, 1.54) is 12.3 Å². The van der Waals surface area contributed by atoms with Crippen molar-refractivity contribution in [1.29, 1.82) is 0 Å². The summed E-state index contributed by atoms with van der Waals surface area (Å²) in [5.74, 6) is -0.696. The molecular formula is C12H11FN2O2. The molecule has 88 valence electrons. The minimum atomic E-state index is -0.885. The highest BCUT2D eigenvalue weighted by Crippen LogP contribution is 2.22. The number of aliphatic carboxylic acids is 1. The first-order chi connectivity index (χ1) is 8.18. The highest BCUT2D eigenvalue weighted by atomic mass is 19.1. The van der Waals surface area contributed by atoms with E-state index in [-0.39, 0.29) is 18.8 Å². The Bertz CT molecular complexity index is 557. The fourth-order valence-electron chi connectivity index (χ4n) is 1.60. The SMILES string of the molecule is O=C(O)CCNc1nccc2c(F)cccc12. The number of hydrogen-bond acceptors (Lipinski definition) is 3. The lowest BCUT2D eigenvalue weighted by Crippen LogP contribution is -2.08. The molecule has 5 heteroatoms. The number of fused-ring (bicyclic) bond motifs is 1. The van der Waals surface area contributed by atoms with Crippen molar-refractivity contribution in [2.45, 2.75) is 6.42 Å². The predicted molar refractivity (Wildman–Crippen MR) is 62.4 cm³/mol. The largest absolute Gasteiger partial charge is 0.481 e. The minimum Gasteiger partial charge on any atom is -0.481 e. The van der Waals surface area contributed by atoms with E-state index >= 15 is 0 Å². The fourth-order valence-corrected chi connectivity index (χ4v) is 1.60. The number of rotatable bonds is 4. The summed E-state index contributed by atoms with van der Waals surface area (Å²) in [4.78, 5) is 14.5. The highest BCUT2D eigenvalue weighted by molar-refractivity contribution is 5.92. The summed E-state index contributed by atoms with van der Waals surface area (Å²) in [6, 6.07) is 6.31. The molecule has 1 aromatic carbocycles. The summed E-state index contributed by atoms with van der Waals surface area (Å²) in [7, 11) is 0. The van der Waals surface area contributed by atoms with Gasteiger partial charge in [-0.15, -0.1) is 0 Å². The molecule has 0 aliphatic heterocycles. The third kappa shape index (κ3) is 2.50. The monoisotopic (exact) mass is 234 g/mol. The van der Waals surface area contributed by atoms with E-state index in [0.29, 0.717) is 16.6 Å². The number of carboxylic acid groups (broad SMARTS) is 1. The van der Waals surface area contributed by atoms with Crippen LogP contribution in [0.2, 0.25) is 0 Å². The zero-order valence-electron chi connectivity index (χ0n) is 8.98. The molecule has 1 heterocycles. The van der Waals surface area contributed by atoms with Crippen molar-refractivity contribution >= 4 is 22.6 Å². The van der Waals surface area contributed by atoms with Gasteiger partial charge in [-0.1, -0.05) is 12.1 Å². The van der Waals surface area contributed by atoms with E-state index in [1.807, 2.05) is 0 Å². The van der Waals surface area contributed by atoms with E-state index in [4.69, 9.17) is 5.11 Å². The lowest BCUT2D eigenvalue weighted by molar-refractivity contribution is -0.136. The number of carbonyl (C=O) groups is 1. The average molecular weight is 234 g/mol. The van der Waals surface area contributed by atoms with Crippen LogP contribution in [0.15, 0.2) is 30.5 Å². The number of nitrogens with zero attached hydrogens (tertiary/aromatic N) is 1. The quantitative estimate of drug-likeness (QED) is 0.851. The van der Waals surface area contributed by atoms with Gasteiger partial charge in [0.25, 0.3) is 0 Å². The molecule has 0 atom stereocenters. The zero-order valence-corrected chi connectivity index (χ0v) is 8.98. The molecule has 0 aliphatic rings. The number of carboxylic acids is 1. The van der Waals surface area contributed by atoms with Gasteiger partial charge in [0.05, 0.1) is 6.42 Å². The fraction of sp³-hybridized carbons (Fsp3) is 0.167. The molecule has 0 aliphatic carbocycles. The van der Waals surface area contributed by atoms with Gasteiger partial charge in [-0.2, -0.15) is 0 Å². The number of halogens is 1. The summed E-state index contributed by atoms with van der Waals surface area (Å²) in [5.41, 5.74) is 0. The first-order valence-electron chi connectivity index (χ1n) is 5.17. The van der Waals surface area contributed by atoms with Crippen LogP contribution in [-0.4, -0.2) is 22.6 Å². The first kappa shape index (κ1) is 11.3. The molecule has 2 aromatic rings. The van der Waals surface area contributed by atoms with Gasteiger partial charge in [-0.25, -0.2) is 9.37 Å². The smallest absolute Gasteiger partial charge is 0.305 e. The number of pyridine rings is 1. The van der Waals surface area contributed by atoms with Gasteiger partial charge < -0.3 is 10.4 Å². The van der Waals surface area contributed by atoms with Crippen LogP contribution in [0.5, 0.6) is 0 Å². The van der Waals surface area contributed by atoms with Crippen molar-refractivity contribution in [3.8, 4) is 0 Å². The standard InChI is InChI=1S/C12H11FN2O2/c13-10-3-1-2-9-8(10)4-6-14-12(9)15-7-5-11(16)17/h1-4,6H,5,7H2,(H,14,15)(H,16,17). The normalized spacial score (nSPS) is 10.4. The van der Waals surface area contributed by atoms with Crippen LogP contribution in [0.1, 0.15) is 6.42 Å². The van der Waals surface area contributed by atoms with Crippen molar-refractivity contribution in [3.63, 3.8) is 0 Å². The van der Waals surface area contributed by atoms with Gasteiger partial charge in [-0.05, 0) is 12.1 Å². The summed E-state index contributed by atoms with van der Waals surface area (Å²) in [5, 5.41) is 12.5. The van der Waals surface area contributed by atoms with Crippen LogP contribution < -0.4 is 5.32 Å². The van der Waals surface area contributed by atoms with Crippen LogP contribution in [0.25, 0.3) is 10.8 Å². The molecule has 0 bridgehead atoms. The number of hydrogen-bond donors (Lipinski definition) is 2. The Balaban J connectivity index is 2.28. The molecule has 2 rings (SSSR count). The van der Waals surface area contributed by atoms with Gasteiger partial charge in [0.2, 0.25) is 0 Å². The molecule has 0 fully saturated rings. The van der Waals surface area contributed by atoms with Crippen molar-refractivity contribution in [2.75, 3.05) is 11.9 Å². The van der Waals surface area contributed by atoms with E-state index < -0.39 is 5.97 Å². The second-order valence-electron chi connectivity index (χ2n) is 3.57. The Kier molecular flexibility index (Phi) is 3.18. The zero-order chi connectivity index (χ0) is 12.3. The Morgan fingerprint density at radius 2 is 2.18 bits per heavy atom. The summed E-state index contributed by atoms with van der Waals surface area (Å²) >= 11 is 0. The van der Waals surface area contributed by atoms with Crippen LogP contribution in [0, 0.1) is 5.82 Å². The third-order valence-electron chi connectivity index (χ3n) is 2.38. The summed E-state index contributed by atoms with van der Waals surface area (Å²) < 4.78 is 13.5. The maximum Gasteiger partial charge on any atom is 0.305 e. The Morgan fingerprint density at radius 3 is 2.94 bits per heavy atom. The van der Waals surface area contributed by atoms with Gasteiger partial charge >= 0.3 is 5.97 Å². The molecule has 0 saturated heterocycles. The van der Waals surface area contributed by atoms with Gasteiger partial charge in [0.15, 0.2) is 0 Å². The molecule has 0 spiro atoms. The van der Waals surface area contributed by atoms with E-state index in [9.17, 15) is 9.18 Å². The van der Waals surface area contributed by atoms with E-state index in [0.717, 1.165) is 0 Å². The maximum atomic E-state index is 13.5. The molecule has 0 amide bonds. The van der Waals surface area contributed by atoms with Crippen molar-refractivity contribution < 1.29 is 14.3 Å². The number of nitrogens with one attached hydrogen (secondary N) is 1. The minimum absolute atomic E-state index is 0.00656. The maximum absolute atomic E-state index is 13.5. The van der Waals surface area contributed by atoms with Gasteiger partial charge in [0, 0.05) is 23.5 Å². The topological polar surface area (TPSA) is 62.2 Å². The molecule has 0 unspecified atom stereocenters. The highest BCUT2D eigenvalue weighted by Gasteiger charge is 2.05. The van der Waals surface area contributed by atoms with E-state index in [1.54, 1.807) is 18.2 Å². The third-order valence-corrected chi connectivity index (χ3v) is 2.38. The average Bonchev–Trinajstić information content (AvgIpc) is 2.30. The van der Waals surface area contributed by atoms with Crippen LogP contribution in [0.3, 0.4) is 0 Å². The van der Waals surface area contributed by atoms with Gasteiger partial charge in [0.1, 0.15) is 11.6 Å². The predicted octanol–water partition coefficient (Wildman–Crippen LogP) is 2.26. The lowest BCUT2D eigenvalue weighted by atomic mass is 10.1. The van der Waals surface area contributed by atoms with Crippen LogP contribution in [0.4, 0.5) is 10.2 Å². The summed E-state index contributed by atoms with van der Waals surface area (Å²) in [6.07, 6.45) is 1.49. The van der Waals surface area contributed by atoms with E-state index in [2.05, 4.69) is 10.3 Å². The molecule has 17 heavy (non-hydrogen) atoms. The number of anilines is 1. The second kappa shape index (κ2) is 4.78. The molecule has 0 radical (unpaired) electrons. The second-order valence-corrected chi connectivity index (χ2v) is 3.57. The van der Waals surface area contributed by atoms with Crippen molar-refractivity contribution in [1.82, 2.24) is 4.98 Å². The van der Waals surface area contributed by atoms with Crippen LogP contribution >= 0.6 is 0 Å². The molecular weight excluding hydrogens is 223 g/mol. The van der Waals surface area contributed by atoms with Crippen molar-refractivity contribution in [3.05, 3.63) is 36.3 Å². The molecule has 0 saturated carbocycles. The first-order valence-corrected chi connectivity index (χ1v) is 5.17. The molecule has 2 N–H and O–H groups in total. The lowest BCUT2D eigenvalue weighted by Gasteiger charge is -2.07. The molecule has 4 nitrogen and oxygen atoms in total. The number of aromatic nitrogens is 1. The van der Waals surface area contributed by atoms with Crippen LogP contribution in [-0.2, 0) is 4.79 Å². The summed E-state index contributed by atoms with van der Waals surface area (Å²) in [6.45, 7) is 0.262. The Hall–Kier alpha value is -2.17. The number of benzene rings is 1. The molecule has 1 aromatic heterocycles. The Morgan fingerprint density at radius 1 is 1.35 bits per heavy atom. The Labute approximate surface area is 97.1 Å².